The molecule has 4 aliphatic carbocycles. The van der Waals surface area contributed by atoms with Gasteiger partial charge in [-0.1, -0.05) is 48.0 Å². The molecule has 2 nitrogen and oxygen atoms in total. The van der Waals surface area contributed by atoms with Crippen LogP contribution in [0.3, 0.4) is 0 Å². The lowest BCUT2D eigenvalue weighted by Gasteiger charge is -2.60. The van der Waals surface area contributed by atoms with Gasteiger partial charge in [-0.2, -0.15) is 0 Å². The predicted molar refractivity (Wildman–Crippen MR) is 119 cm³/mol. The van der Waals surface area contributed by atoms with Crippen molar-refractivity contribution in [2.75, 3.05) is 0 Å². The second-order valence-corrected chi connectivity index (χ2v) is 10.5. The molecule has 0 radical (unpaired) electrons. The molecular formula is C26H48O2. The normalized spacial score (nSPS) is 44.1. The standard InChI is InChI=1S/C23H38O2.C2H6.CH4/c1-22-14-4-3-6-16(22)9-11-18-19-12-10-17(7-5-8-21(24)25)23(19,2)15-13-20(18)22;1-2;/h16-20H,3-15H2,1-2H3,(H,24,25);1-2H3;1H4. The zero-order chi connectivity index (χ0) is 19.7. The average molecular weight is 393 g/mol. The lowest BCUT2D eigenvalue weighted by Crippen LogP contribution is -2.52. The summed E-state index contributed by atoms with van der Waals surface area (Å²) >= 11 is 0. The van der Waals surface area contributed by atoms with Crippen molar-refractivity contribution in [1.29, 1.82) is 0 Å². The second-order valence-electron chi connectivity index (χ2n) is 10.5. The Bertz CT molecular complexity index is 515. The molecule has 0 aromatic heterocycles. The van der Waals surface area contributed by atoms with E-state index in [1.807, 2.05) is 13.8 Å². The smallest absolute Gasteiger partial charge is 0.303 e. The number of carbonyl (C=O) groups is 1. The first-order chi connectivity index (χ1) is 12.9. The molecule has 4 fully saturated rings. The summed E-state index contributed by atoms with van der Waals surface area (Å²) in [6.45, 7) is 9.25. The van der Waals surface area contributed by atoms with Gasteiger partial charge in [0.05, 0.1) is 0 Å². The van der Waals surface area contributed by atoms with E-state index in [1.165, 1.54) is 64.2 Å². The molecule has 0 spiro atoms. The SMILES string of the molecule is C.CC.CC12CCCCC1CCC1C2CCC2(C)C(CCCC(=O)O)CCC12. The fourth-order valence-corrected chi connectivity index (χ4v) is 8.38. The van der Waals surface area contributed by atoms with Crippen molar-refractivity contribution in [3.8, 4) is 0 Å². The average Bonchev–Trinajstić information content (AvgIpc) is 2.99. The number of aliphatic carboxylic acids is 1. The van der Waals surface area contributed by atoms with Crippen LogP contribution in [-0.2, 0) is 4.79 Å². The third-order valence-corrected chi connectivity index (χ3v) is 9.72. The van der Waals surface area contributed by atoms with Crippen LogP contribution in [-0.4, -0.2) is 11.1 Å². The van der Waals surface area contributed by atoms with Gasteiger partial charge in [0.1, 0.15) is 0 Å². The maximum absolute atomic E-state index is 10.9. The van der Waals surface area contributed by atoms with E-state index in [9.17, 15) is 4.79 Å². The van der Waals surface area contributed by atoms with E-state index >= 15 is 0 Å². The zero-order valence-corrected chi connectivity index (χ0v) is 18.4. The molecule has 2 heteroatoms. The van der Waals surface area contributed by atoms with Crippen LogP contribution in [0.2, 0.25) is 0 Å². The topological polar surface area (TPSA) is 37.3 Å². The van der Waals surface area contributed by atoms with Gasteiger partial charge >= 0.3 is 5.97 Å². The van der Waals surface area contributed by atoms with E-state index in [4.69, 9.17) is 5.11 Å². The Hall–Kier alpha value is -0.530. The summed E-state index contributed by atoms with van der Waals surface area (Å²) in [4.78, 5) is 10.9. The molecule has 0 aromatic rings. The van der Waals surface area contributed by atoms with Gasteiger partial charge in [-0.15, -0.1) is 0 Å². The molecule has 4 rings (SSSR count). The maximum atomic E-state index is 10.9. The fourth-order valence-electron chi connectivity index (χ4n) is 8.38. The third-order valence-electron chi connectivity index (χ3n) is 9.72. The van der Waals surface area contributed by atoms with Crippen molar-refractivity contribution in [3.63, 3.8) is 0 Å². The van der Waals surface area contributed by atoms with Gasteiger partial charge in [0.25, 0.3) is 0 Å². The van der Waals surface area contributed by atoms with Gasteiger partial charge in [0.2, 0.25) is 0 Å². The van der Waals surface area contributed by atoms with E-state index in [0.29, 0.717) is 17.3 Å². The Kier molecular flexibility index (Phi) is 8.07. The molecule has 28 heavy (non-hydrogen) atoms. The summed E-state index contributed by atoms with van der Waals surface area (Å²) in [7, 11) is 0. The van der Waals surface area contributed by atoms with Crippen LogP contribution in [0, 0.1) is 40.4 Å². The van der Waals surface area contributed by atoms with Crippen LogP contribution in [0.15, 0.2) is 0 Å². The lowest BCUT2D eigenvalue weighted by atomic mass is 9.45. The van der Waals surface area contributed by atoms with Crippen LogP contribution in [0.4, 0.5) is 0 Å². The molecule has 4 saturated carbocycles. The van der Waals surface area contributed by atoms with Crippen molar-refractivity contribution >= 4 is 5.97 Å². The number of fused-ring (bicyclic) bond motifs is 5. The number of carboxylic acids is 1. The summed E-state index contributed by atoms with van der Waals surface area (Å²) in [6, 6.07) is 0. The summed E-state index contributed by atoms with van der Waals surface area (Å²) in [5, 5.41) is 8.98. The predicted octanol–water partition coefficient (Wildman–Crippen LogP) is 7.95. The maximum Gasteiger partial charge on any atom is 0.303 e. The van der Waals surface area contributed by atoms with Crippen LogP contribution in [0.5, 0.6) is 0 Å². The lowest BCUT2D eigenvalue weighted by molar-refractivity contribution is -0.137. The van der Waals surface area contributed by atoms with E-state index < -0.39 is 5.97 Å². The monoisotopic (exact) mass is 392 g/mol. The molecule has 0 aromatic carbocycles. The third kappa shape index (κ3) is 4.04. The first-order valence-electron chi connectivity index (χ1n) is 12.2. The quantitative estimate of drug-likeness (QED) is 0.527. The van der Waals surface area contributed by atoms with E-state index in [0.717, 1.165) is 42.4 Å². The molecule has 0 amide bonds. The molecular weight excluding hydrogens is 344 g/mol. The number of rotatable bonds is 4. The molecule has 7 atom stereocenters. The highest BCUT2D eigenvalue weighted by Gasteiger charge is 2.59. The van der Waals surface area contributed by atoms with Crippen molar-refractivity contribution < 1.29 is 9.90 Å². The van der Waals surface area contributed by atoms with Gasteiger partial charge in [-0.25, -0.2) is 0 Å². The van der Waals surface area contributed by atoms with Crippen molar-refractivity contribution in [1.82, 2.24) is 0 Å². The van der Waals surface area contributed by atoms with Crippen molar-refractivity contribution in [2.45, 2.75) is 119 Å². The van der Waals surface area contributed by atoms with Crippen LogP contribution in [0.1, 0.15) is 119 Å². The van der Waals surface area contributed by atoms with Gasteiger partial charge in [-0.05, 0) is 105 Å². The Morgan fingerprint density at radius 1 is 0.893 bits per heavy atom. The summed E-state index contributed by atoms with van der Waals surface area (Å²) in [6.07, 6.45) is 17.0. The van der Waals surface area contributed by atoms with Gasteiger partial charge < -0.3 is 5.11 Å². The fraction of sp³-hybridized carbons (Fsp3) is 0.962. The Morgan fingerprint density at radius 3 is 2.32 bits per heavy atom. The second kappa shape index (κ2) is 9.52. The van der Waals surface area contributed by atoms with E-state index in [1.54, 1.807) is 0 Å². The minimum Gasteiger partial charge on any atom is -0.481 e. The number of hydrogen-bond acceptors (Lipinski definition) is 1. The number of hydrogen-bond donors (Lipinski definition) is 1. The minimum absolute atomic E-state index is 0. The minimum atomic E-state index is -0.619. The highest BCUT2D eigenvalue weighted by atomic mass is 16.4. The molecule has 0 bridgehead atoms. The molecule has 1 N–H and O–H groups in total. The van der Waals surface area contributed by atoms with Crippen LogP contribution >= 0.6 is 0 Å². The molecule has 0 saturated heterocycles. The van der Waals surface area contributed by atoms with E-state index in [-0.39, 0.29) is 7.43 Å². The van der Waals surface area contributed by atoms with Crippen LogP contribution in [0.25, 0.3) is 0 Å². The highest BCUT2D eigenvalue weighted by Crippen LogP contribution is 2.67. The van der Waals surface area contributed by atoms with Crippen LogP contribution < -0.4 is 0 Å². The summed E-state index contributed by atoms with van der Waals surface area (Å²) in [5.74, 6) is 4.08. The largest absolute Gasteiger partial charge is 0.481 e. The highest BCUT2D eigenvalue weighted by molar-refractivity contribution is 5.66. The van der Waals surface area contributed by atoms with Gasteiger partial charge in [0, 0.05) is 6.42 Å². The Morgan fingerprint density at radius 2 is 1.61 bits per heavy atom. The molecule has 4 aliphatic rings. The first kappa shape index (κ1) is 23.7. The van der Waals surface area contributed by atoms with Crippen molar-refractivity contribution in [2.24, 2.45) is 40.4 Å². The Labute approximate surface area is 175 Å². The Balaban J connectivity index is 0.000000906. The first-order valence-corrected chi connectivity index (χ1v) is 12.2. The molecule has 7 unspecified atom stereocenters. The van der Waals surface area contributed by atoms with Gasteiger partial charge in [0.15, 0.2) is 0 Å². The zero-order valence-electron chi connectivity index (χ0n) is 18.4. The van der Waals surface area contributed by atoms with Crippen molar-refractivity contribution in [3.05, 3.63) is 0 Å². The van der Waals surface area contributed by atoms with Gasteiger partial charge in [-0.3, -0.25) is 4.79 Å². The molecule has 164 valence electrons. The molecule has 0 aliphatic heterocycles. The summed E-state index contributed by atoms with van der Waals surface area (Å²) in [5.41, 5.74) is 1.15. The van der Waals surface area contributed by atoms with E-state index in [2.05, 4.69) is 13.8 Å². The number of carboxylic acid groups (broad SMARTS) is 1. The summed E-state index contributed by atoms with van der Waals surface area (Å²) < 4.78 is 0. The molecule has 0 heterocycles.